The molecule has 0 bridgehead atoms. The summed E-state index contributed by atoms with van der Waals surface area (Å²) in [7, 11) is 3.15. The van der Waals surface area contributed by atoms with Crippen molar-refractivity contribution in [3.63, 3.8) is 0 Å². The van der Waals surface area contributed by atoms with E-state index in [1.165, 1.54) is 18.2 Å². The molecule has 142 valence electrons. The molecule has 0 atom stereocenters. The lowest BCUT2D eigenvalue weighted by Gasteiger charge is -2.09. The van der Waals surface area contributed by atoms with Crippen LogP contribution in [0.3, 0.4) is 0 Å². The Morgan fingerprint density at radius 2 is 1.93 bits per heavy atom. The number of carboxylic acid groups (broad SMARTS) is 1. The number of fused-ring (bicyclic) bond motifs is 2. The molecule has 1 aliphatic heterocycles. The maximum Gasteiger partial charge on any atom is 0.261 e. The molecule has 0 fully saturated rings. The first kappa shape index (κ1) is 17.8. The normalized spacial score (nSPS) is 14.3. The van der Waals surface area contributed by atoms with Crippen molar-refractivity contribution in [2.45, 2.75) is 13.0 Å². The number of carbonyl (C=O) groups is 1. The van der Waals surface area contributed by atoms with Gasteiger partial charge in [-0.2, -0.15) is 0 Å². The molecule has 0 aliphatic carbocycles. The third kappa shape index (κ3) is 2.90. The topological polar surface area (TPSA) is 93.5 Å². The average Bonchev–Trinajstić information content (AvgIpc) is 3.10. The van der Waals surface area contributed by atoms with E-state index in [-0.39, 0.29) is 11.1 Å². The van der Waals surface area contributed by atoms with E-state index in [2.05, 4.69) is 4.98 Å². The fourth-order valence-corrected chi connectivity index (χ4v) is 3.43. The zero-order valence-corrected chi connectivity index (χ0v) is 15.4. The Morgan fingerprint density at radius 3 is 2.64 bits per heavy atom. The molecule has 0 radical (unpaired) electrons. The van der Waals surface area contributed by atoms with Crippen LogP contribution in [0.1, 0.15) is 28.2 Å². The van der Waals surface area contributed by atoms with Crippen LogP contribution < -0.4 is 20.1 Å². The summed E-state index contributed by atoms with van der Waals surface area (Å²) in [5.74, 6) is 0.483. The van der Waals surface area contributed by atoms with Gasteiger partial charge in [0.2, 0.25) is 0 Å². The lowest BCUT2D eigenvalue weighted by molar-refractivity contribution is -0.255. The van der Waals surface area contributed by atoms with Crippen molar-refractivity contribution < 1.29 is 19.4 Å². The molecule has 0 N–H and O–H groups in total. The first-order valence-electron chi connectivity index (χ1n) is 8.70. The molecule has 0 saturated heterocycles. The van der Waals surface area contributed by atoms with Gasteiger partial charge in [0.15, 0.2) is 11.5 Å². The second kappa shape index (κ2) is 6.84. The van der Waals surface area contributed by atoms with Gasteiger partial charge < -0.3 is 19.4 Å². The molecular weight excluding hydrogens is 360 g/mol. The number of nitrogens with zero attached hydrogens (tertiary/aromatic N) is 2. The van der Waals surface area contributed by atoms with E-state index in [1.807, 2.05) is 24.3 Å². The van der Waals surface area contributed by atoms with Crippen LogP contribution in [0, 0.1) is 0 Å². The highest BCUT2D eigenvalue weighted by Gasteiger charge is 2.21. The van der Waals surface area contributed by atoms with E-state index >= 15 is 0 Å². The number of hydrogen-bond acceptors (Lipinski definition) is 6. The van der Waals surface area contributed by atoms with Crippen molar-refractivity contribution in [3.8, 4) is 11.5 Å². The fourth-order valence-electron chi connectivity index (χ4n) is 3.43. The zero-order valence-electron chi connectivity index (χ0n) is 15.4. The Balaban J connectivity index is 1.84. The highest BCUT2D eigenvalue weighted by Crippen LogP contribution is 2.32. The highest BCUT2D eigenvalue weighted by molar-refractivity contribution is 5.92. The van der Waals surface area contributed by atoms with E-state index in [9.17, 15) is 14.7 Å². The summed E-state index contributed by atoms with van der Waals surface area (Å²) in [6.07, 6.45) is 2.60. The van der Waals surface area contributed by atoms with Crippen LogP contribution in [0.2, 0.25) is 0 Å². The van der Waals surface area contributed by atoms with E-state index in [4.69, 9.17) is 9.47 Å². The molecule has 0 unspecified atom stereocenters. The molecule has 28 heavy (non-hydrogen) atoms. The van der Waals surface area contributed by atoms with Gasteiger partial charge in [0.25, 0.3) is 5.56 Å². The molecule has 1 aliphatic rings. The average molecular weight is 377 g/mol. The number of hydrogen-bond donors (Lipinski definition) is 0. The summed E-state index contributed by atoms with van der Waals surface area (Å²) >= 11 is 0. The van der Waals surface area contributed by atoms with Gasteiger partial charge in [-0.3, -0.25) is 9.36 Å². The van der Waals surface area contributed by atoms with Crippen molar-refractivity contribution in [1.82, 2.24) is 9.55 Å². The summed E-state index contributed by atoms with van der Waals surface area (Å²) in [6, 6.07) is 9.78. The van der Waals surface area contributed by atoms with Gasteiger partial charge >= 0.3 is 0 Å². The number of methoxy groups -OCH3 is 2. The number of aromatic carboxylic acids is 1. The van der Waals surface area contributed by atoms with E-state index in [0.717, 1.165) is 11.1 Å². The molecule has 4 rings (SSSR count). The minimum absolute atomic E-state index is 0.00670. The fraction of sp³-hybridized carbons (Fsp3) is 0.190. The minimum atomic E-state index is -1.30. The number of aromatic nitrogens is 2. The molecule has 1 aromatic heterocycles. The number of benzene rings is 2. The Labute approximate surface area is 160 Å². The molecule has 0 saturated carbocycles. The lowest BCUT2D eigenvalue weighted by Crippen LogP contribution is -2.23. The van der Waals surface area contributed by atoms with Crippen LogP contribution in [-0.2, 0) is 6.54 Å². The minimum Gasteiger partial charge on any atom is -0.545 e. The van der Waals surface area contributed by atoms with Crippen molar-refractivity contribution in [3.05, 3.63) is 63.7 Å². The quantitative estimate of drug-likeness (QED) is 0.687. The van der Waals surface area contributed by atoms with Crippen molar-refractivity contribution in [1.29, 1.82) is 0 Å². The van der Waals surface area contributed by atoms with E-state index in [0.29, 0.717) is 41.2 Å². The standard InChI is InChI=1S/C21H18N2O5/c1-27-17-6-3-12(10-18(17)28-2)9-13-7-8-23-19(13)22-16-11-14(21(25)26)4-5-15(16)20(23)24/h3-6,9-11H,7-8H2,1-2H3,(H,25,26)/p-1/b13-9+. The molecule has 3 aromatic rings. The zero-order chi connectivity index (χ0) is 19.8. The number of carboxylic acids is 1. The van der Waals surface area contributed by atoms with Crippen LogP contribution in [0.4, 0.5) is 0 Å². The Bertz CT molecular complexity index is 1190. The van der Waals surface area contributed by atoms with Crippen LogP contribution in [0.25, 0.3) is 22.6 Å². The van der Waals surface area contributed by atoms with Gasteiger partial charge in [-0.25, -0.2) is 4.98 Å². The SMILES string of the molecule is COc1ccc(/C=C2\CCn3c2nc2cc(C(=O)[O-])ccc2c3=O)cc1OC. The Hall–Kier alpha value is -3.61. The van der Waals surface area contributed by atoms with Crippen LogP contribution in [0.15, 0.2) is 41.2 Å². The van der Waals surface area contributed by atoms with Gasteiger partial charge in [0.1, 0.15) is 5.82 Å². The third-order valence-electron chi connectivity index (χ3n) is 4.83. The second-order valence-electron chi connectivity index (χ2n) is 6.45. The maximum absolute atomic E-state index is 12.8. The molecule has 7 heteroatoms. The third-order valence-corrected chi connectivity index (χ3v) is 4.83. The number of rotatable bonds is 4. The smallest absolute Gasteiger partial charge is 0.261 e. The van der Waals surface area contributed by atoms with Crippen molar-refractivity contribution in [2.75, 3.05) is 14.2 Å². The summed E-state index contributed by atoms with van der Waals surface area (Å²) in [5, 5.41) is 11.5. The van der Waals surface area contributed by atoms with Crippen molar-refractivity contribution in [2.24, 2.45) is 0 Å². The maximum atomic E-state index is 12.8. The molecule has 2 heterocycles. The monoisotopic (exact) mass is 377 g/mol. The van der Waals surface area contributed by atoms with Crippen LogP contribution >= 0.6 is 0 Å². The highest BCUT2D eigenvalue weighted by atomic mass is 16.5. The van der Waals surface area contributed by atoms with Gasteiger partial charge in [0.05, 0.1) is 31.1 Å². The molecule has 0 spiro atoms. The number of carbonyl (C=O) groups excluding carboxylic acids is 1. The second-order valence-corrected chi connectivity index (χ2v) is 6.45. The number of ether oxygens (including phenoxy) is 2. The summed E-state index contributed by atoms with van der Waals surface area (Å²) < 4.78 is 12.2. The predicted octanol–water partition coefficient (Wildman–Crippen LogP) is 1.72. The van der Waals surface area contributed by atoms with Crippen LogP contribution in [-0.4, -0.2) is 29.7 Å². The summed E-state index contributed by atoms with van der Waals surface area (Å²) in [6.45, 7) is 0.526. The van der Waals surface area contributed by atoms with Gasteiger partial charge in [-0.15, -0.1) is 0 Å². The van der Waals surface area contributed by atoms with Crippen molar-refractivity contribution >= 4 is 28.5 Å². The Morgan fingerprint density at radius 1 is 1.14 bits per heavy atom. The Kier molecular flexibility index (Phi) is 4.35. The molecule has 0 amide bonds. The predicted molar refractivity (Wildman–Crippen MR) is 102 cm³/mol. The van der Waals surface area contributed by atoms with E-state index in [1.54, 1.807) is 18.8 Å². The van der Waals surface area contributed by atoms with Gasteiger partial charge in [-0.1, -0.05) is 12.1 Å². The summed E-state index contributed by atoms with van der Waals surface area (Å²) in [5.41, 5.74) is 1.94. The van der Waals surface area contributed by atoms with E-state index < -0.39 is 5.97 Å². The summed E-state index contributed by atoms with van der Waals surface area (Å²) in [4.78, 5) is 28.5. The first-order chi connectivity index (χ1) is 13.5. The molecule has 2 aromatic carbocycles. The number of allylic oxidation sites excluding steroid dienone is 1. The molecule has 7 nitrogen and oxygen atoms in total. The van der Waals surface area contributed by atoms with Gasteiger partial charge in [0, 0.05) is 6.54 Å². The van der Waals surface area contributed by atoms with Gasteiger partial charge in [-0.05, 0) is 53.5 Å². The van der Waals surface area contributed by atoms with Crippen LogP contribution in [0.5, 0.6) is 11.5 Å². The first-order valence-corrected chi connectivity index (χ1v) is 8.70. The molecular formula is C21H17N2O5-. The lowest BCUT2D eigenvalue weighted by atomic mass is 10.1. The largest absolute Gasteiger partial charge is 0.545 e.